The molecule has 0 radical (unpaired) electrons. The van der Waals surface area contributed by atoms with E-state index in [1.165, 1.54) is 51.9 Å². The van der Waals surface area contributed by atoms with Gasteiger partial charge in [-0.05, 0) is 70.0 Å². The lowest BCUT2D eigenvalue weighted by molar-refractivity contribution is -0.000158. The molecule has 0 aromatic rings. The second-order valence-electron chi connectivity index (χ2n) is 7.29. The van der Waals surface area contributed by atoms with E-state index in [2.05, 4.69) is 9.80 Å². The highest BCUT2D eigenvalue weighted by Crippen LogP contribution is 2.30. The van der Waals surface area contributed by atoms with Gasteiger partial charge in [0.15, 0.2) is 0 Å². The van der Waals surface area contributed by atoms with Crippen LogP contribution in [-0.4, -0.2) is 71.5 Å². The van der Waals surface area contributed by atoms with Crippen molar-refractivity contribution in [2.45, 2.75) is 50.7 Å². The molecule has 1 saturated carbocycles. The average Bonchev–Trinajstić information content (AvgIpc) is 2.37. The Labute approximate surface area is 122 Å². The second-order valence-corrected chi connectivity index (χ2v) is 7.29. The maximum Gasteiger partial charge on any atom is 0.0793 e. The highest BCUT2D eigenvalue weighted by atomic mass is 16.3. The van der Waals surface area contributed by atoms with Gasteiger partial charge in [0.1, 0.15) is 0 Å². The van der Waals surface area contributed by atoms with E-state index in [1.54, 1.807) is 0 Å². The van der Waals surface area contributed by atoms with Crippen LogP contribution in [-0.2, 0) is 0 Å². The van der Waals surface area contributed by atoms with Gasteiger partial charge in [-0.15, -0.1) is 0 Å². The van der Waals surface area contributed by atoms with E-state index < -0.39 is 0 Å². The van der Waals surface area contributed by atoms with Crippen molar-refractivity contribution in [1.82, 2.24) is 9.80 Å². The first-order chi connectivity index (χ1) is 9.69. The first kappa shape index (κ1) is 14.8. The van der Waals surface area contributed by atoms with Crippen molar-refractivity contribution in [3.63, 3.8) is 0 Å². The summed E-state index contributed by atoms with van der Waals surface area (Å²) in [6.45, 7) is 6.71. The molecule has 3 aliphatic rings. The van der Waals surface area contributed by atoms with E-state index in [0.29, 0.717) is 0 Å². The minimum atomic E-state index is -0.0525. The van der Waals surface area contributed by atoms with Gasteiger partial charge in [0.25, 0.3) is 0 Å². The standard InChI is InChI=1S/C16H30N2O2/c19-15-8-14(9-15)10-17-6-3-13(4-7-17)2-1-5-18-11-16(20)12-18/h13-16,19-20H,1-12H2. The Morgan fingerprint density at radius 1 is 0.850 bits per heavy atom. The Morgan fingerprint density at radius 3 is 2.15 bits per heavy atom. The molecular formula is C16H30N2O2. The summed E-state index contributed by atoms with van der Waals surface area (Å²) in [5, 5.41) is 18.6. The molecule has 4 heteroatoms. The van der Waals surface area contributed by atoms with Gasteiger partial charge < -0.3 is 15.1 Å². The van der Waals surface area contributed by atoms with Gasteiger partial charge in [-0.3, -0.25) is 4.90 Å². The maximum absolute atomic E-state index is 9.34. The second kappa shape index (κ2) is 6.73. The number of aliphatic hydroxyl groups excluding tert-OH is 2. The first-order valence-electron chi connectivity index (χ1n) is 8.50. The van der Waals surface area contributed by atoms with Crippen LogP contribution in [0, 0.1) is 11.8 Å². The van der Waals surface area contributed by atoms with Gasteiger partial charge in [-0.2, -0.15) is 0 Å². The third kappa shape index (κ3) is 3.94. The molecule has 2 saturated heterocycles. The molecule has 2 aliphatic heterocycles. The van der Waals surface area contributed by atoms with Crippen LogP contribution in [0.15, 0.2) is 0 Å². The Bertz CT molecular complexity index is 293. The number of rotatable bonds is 6. The Morgan fingerprint density at radius 2 is 1.55 bits per heavy atom. The molecule has 116 valence electrons. The van der Waals surface area contributed by atoms with Gasteiger partial charge in [-0.25, -0.2) is 0 Å². The predicted molar refractivity (Wildman–Crippen MR) is 79.6 cm³/mol. The summed E-state index contributed by atoms with van der Waals surface area (Å²) >= 11 is 0. The summed E-state index contributed by atoms with van der Waals surface area (Å²) in [6, 6.07) is 0. The van der Waals surface area contributed by atoms with Crippen LogP contribution in [0.2, 0.25) is 0 Å². The SMILES string of the molecule is OC1CC(CN2CCC(CCCN3CC(O)C3)CC2)C1. The van der Waals surface area contributed by atoms with E-state index in [1.807, 2.05) is 0 Å². The summed E-state index contributed by atoms with van der Waals surface area (Å²) in [7, 11) is 0. The Hall–Kier alpha value is -0.160. The summed E-state index contributed by atoms with van der Waals surface area (Å²) in [6.07, 6.45) is 7.38. The molecule has 0 unspecified atom stereocenters. The number of piperidine rings is 1. The minimum absolute atomic E-state index is 0.00226. The van der Waals surface area contributed by atoms with Crippen molar-refractivity contribution in [2.24, 2.45) is 11.8 Å². The summed E-state index contributed by atoms with van der Waals surface area (Å²) < 4.78 is 0. The molecule has 0 atom stereocenters. The van der Waals surface area contributed by atoms with Crippen molar-refractivity contribution in [3.8, 4) is 0 Å². The molecule has 0 aromatic heterocycles. The molecule has 1 aliphatic carbocycles. The average molecular weight is 282 g/mol. The molecule has 3 rings (SSSR count). The lowest BCUT2D eigenvalue weighted by Gasteiger charge is -2.39. The van der Waals surface area contributed by atoms with Gasteiger partial charge in [-0.1, -0.05) is 0 Å². The molecule has 0 spiro atoms. The predicted octanol–water partition coefficient (Wildman–Crippen LogP) is 0.926. The van der Waals surface area contributed by atoms with Gasteiger partial charge >= 0.3 is 0 Å². The van der Waals surface area contributed by atoms with Crippen molar-refractivity contribution in [2.75, 3.05) is 39.3 Å². The number of hydrogen-bond acceptors (Lipinski definition) is 4. The van der Waals surface area contributed by atoms with Crippen LogP contribution in [0.25, 0.3) is 0 Å². The molecular weight excluding hydrogens is 252 g/mol. The van der Waals surface area contributed by atoms with Crippen LogP contribution < -0.4 is 0 Å². The maximum atomic E-state index is 9.34. The van der Waals surface area contributed by atoms with Crippen molar-refractivity contribution >= 4 is 0 Å². The number of β-amino-alcohol motifs (C(OH)–C–C–N with tert-alkyl or cyclic N) is 1. The molecule has 20 heavy (non-hydrogen) atoms. The molecule has 4 nitrogen and oxygen atoms in total. The Kier molecular flexibility index (Phi) is 4.97. The van der Waals surface area contributed by atoms with Crippen molar-refractivity contribution in [3.05, 3.63) is 0 Å². The Balaban J connectivity index is 1.23. The monoisotopic (exact) mass is 282 g/mol. The fourth-order valence-corrected chi connectivity index (χ4v) is 4.00. The topological polar surface area (TPSA) is 46.9 Å². The smallest absolute Gasteiger partial charge is 0.0793 e. The molecule has 0 bridgehead atoms. The molecule has 2 heterocycles. The largest absolute Gasteiger partial charge is 0.393 e. The van der Waals surface area contributed by atoms with Crippen LogP contribution in [0.3, 0.4) is 0 Å². The number of nitrogens with zero attached hydrogens (tertiary/aromatic N) is 2. The fraction of sp³-hybridized carbons (Fsp3) is 1.00. The lowest BCUT2D eigenvalue weighted by atomic mass is 9.81. The summed E-state index contributed by atoms with van der Waals surface area (Å²) in [5.74, 6) is 1.68. The molecule has 2 N–H and O–H groups in total. The van der Waals surface area contributed by atoms with Crippen LogP contribution >= 0.6 is 0 Å². The zero-order valence-electron chi connectivity index (χ0n) is 12.6. The van der Waals surface area contributed by atoms with E-state index in [0.717, 1.165) is 37.8 Å². The molecule has 3 fully saturated rings. The van der Waals surface area contributed by atoms with E-state index in [9.17, 15) is 10.2 Å². The van der Waals surface area contributed by atoms with Crippen LogP contribution in [0.4, 0.5) is 0 Å². The third-order valence-electron chi connectivity index (χ3n) is 5.46. The van der Waals surface area contributed by atoms with Crippen molar-refractivity contribution < 1.29 is 10.2 Å². The number of hydrogen-bond donors (Lipinski definition) is 2. The quantitative estimate of drug-likeness (QED) is 0.761. The minimum Gasteiger partial charge on any atom is -0.393 e. The summed E-state index contributed by atoms with van der Waals surface area (Å²) in [5.41, 5.74) is 0. The van der Waals surface area contributed by atoms with E-state index in [-0.39, 0.29) is 12.2 Å². The number of likely N-dealkylation sites (tertiary alicyclic amines) is 2. The zero-order valence-corrected chi connectivity index (χ0v) is 12.6. The van der Waals surface area contributed by atoms with Gasteiger partial charge in [0.05, 0.1) is 12.2 Å². The normalized spacial score (nSPS) is 33.9. The van der Waals surface area contributed by atoms with Crippen LogP contribution in [0.5, 0.6) is 0 Å². The molecule has 0 amide bonds. The fourth-order valence-electron chi connectivity index (χ4n) is 4.00. The van der Waals surface area contributed by atoms with Gasteiger partial charge in [0.2, 0.25) is 0 Å². The highest BCUT2D eigenvalue weighted by molar-refractivity contribution is 4.83. The van der Waals surface area contributed by atoms with E-state index in [4.69, 9.17) is 0 Å². The summed E-state index contributed by atoms with van der Waals surface area (Å²) in [4.78, 5) is 4.97. The third-order valence-corrected chi connectivity index (χ3v) is 5.46. The van der Waals surface area contributed by atoms with E-state index >= 15 is 0 Å². The lowest BCUT2D eigenvalue weighted by Crippen LogP contribution is -2.50. The van der Waals surface area contributed by atoms with Crippen LogP contribution in [0.1, 0.15) is 38.5 Å². The molecule has 0 aromatic carbocycles. The highest BCUT2D eigenvalue weighted by Gasteiger charge is 2.30. The van der Waals surface area contributed by atoms with Gasteiger partial charge in [0, 0.05) is 19.6 Å². The zero-order chi connectivity index (χ0) is 13.9. The number of aliphatic hydroxyl groups is 2. The first-order valence-corrected chi connectivity index (χ1v) is 8.50. The van der Waals surface area contributed by atoms with Crippen molar-refractivity contribution in [1.29, 1.82) is 0 Å².